The van der Waals surface area contributed by atoms with Gasteiger partial charge in [-0.1, -0.05) is 13.8 Å². The van der Waals surface area contributed by atoms with Gasteiger partial charge < -0.3 is 5.73 Å². The van der Waals surface area contributed by atoms with Gasteiger partial charge in [0.25, 0.3) is 0 Å². The largest absolute Gasteiger partial charge is 0.328 e. The van der Waals surface area contributed by atoms with E-state index in [0.717, 1.165) is 30.6 Å². The van der Waals surface area contributed by atoms with Crippen LogP contribution in [0.5, 0.6) is 0 Å². The van der Waals surface area contributed by atoms with E-state index in [4.69, 9.17) is 5.73 Å². The van der Waals surface area contributed by atoms with Crippen LogP contribution in [0.1, 0.15) is 71.6 Å². The van der Waals surface area contributed by atoms with Gasteiger partial charge in [0.1, 0.15) is 5.78 Å². The molecule has 0 spiro atoms. The number of fused-ring (bicyclic) bond motifs is 5. The highest BCUT2D eigenvalue weighted by molar-refractivity contribution is 5.87. The van der Waals surface area contributed by atoms with Crippen molar-refractivity contribution in [2.45, 2.75) is 77.7 Å². The van der Waals surface area contributed by atoms with Crippen molar-refractivity contribution in [3.8, 4) is 0 Å². The first-order chi connectivity index (χ1) is 9.95. The molecule has 118 valence electrons. The molecule has 0 radical (unpaired) electrons. The van der Waals surface area contributed by atoms with Crippen molar-refractivity contribution in [1.29, 1.82) is 0 Å². The van der Waals surface area contributed by atoms with Crippen molar-refractivity contribution in [2.75, 3.05) is 0 Å². The van der Waals surface area contributed by atoms with Crippen molar-refractivity contribution in [2.24, 2.45) is 40.2 Å². The summed E-state index contributed by atoms with van der Waals surface area (Å²) in [6.45, 7) is 4.86. The molecule has 21 heavy (non-hydrogen) atoms. The molecule has 0 unspecified atom stereocenters. The molecule has 4 rings (SSSR count). The lowest BCUT2D eigenvalue weighted by Crippen LogP contribution is -2.54. The standard InChI is InChI=1S/C19H31NO/c1-18-9-7-13(20)11-12(18)3-4-14-15-5-6-17(21)19(15,2)10-8-16(14)18/h12-16H,3-11,20H2,1-2H3/t12-,13-,14-,15-,16-,18-,19-/m0/s1. The lowest BCUT2D eigenvalue weighted by Gasteiger charge is -2.60. The van der Waals surface area contributed by atoms with E-state index in [-0.39, 0.29) is 5.41 Å². The van der Waals surface area contributed by atoms with Crippen molar-refractivity contribution >= 4 is 5.78 Å². The highest BCUT2D eigenvalue weighted by Gasteiger charge is 2.59. The SMILES string of the molecule is C[C@]12CC[C@H](N)C[C@@H]1CC[C@@H]1[C@@H]2CC[C@]2(C)C(=O)CC[C@@H]12. The van der Waals surface area contributed by atoms with E-state index in [2.05, 4.69) is 13.8 Å². The fraction of sp³-hybridized carbons (Fsp3) is 0.947. The Morgan fingerprint density at radius 1 is 1.00 bits per heavy atom. The van der Waals surface area contributed by atoms with Crippen molar-refractivity contribution < 1.29 is 4.79 Å². The predicted octanol–water partition coefficient (Wildman–Crippen LogP) is 3.93. The minimum atomic E-state index is 0.0371. The molecule has 2 nitrogen and oxygen atoms in total. The summed E-state index contributed by atoms with van der Waals surface area (Å²) in [7, 11) is 0. The Labute approximate surface area is 129 Å². The van der Waals surface area contributed by atoms with Gasteiger partial charge in [-0.2, -0.15) is 0 Å². The zero-order chi connectivity index (χ0) is 14.8. The topological polar surface area (TPSA) is 43.1 Å². The summed E-state index contributed by atoms with van der Waals surface area (Å²) in [5.41, 5.74) is 6.81. The van der Waals surface area contributed by atoms with Gasteiger partial charge in [-0.05, 0) is 80.5 Å². The van der Waals surface area contributed by atoms with Gasteiger partial charge in [-0.15, -0.1) is 0 Å². The maximum atomic E-state index is 12.4. The molecule has 0 aromatic heterocycles. The minimum Gasteiger partial charge on any atom is -0.328 e. The van der Waals surface area contributed by atoms with Crippen LogP contribution in [0.15, 0.2) is 0 Å². The van der Waals surface area contributed by atoms with E-state index >= 15 is 0 Å². The number of carbonyl (C=O) groups excluding carboxylic acids is 1. The number of hydrogen-bond acceptors (Lipinski definition) is 2. The number of hydrogen-bond donors (Lipinski definition) is 1. The zero-order valence-corrected chi connectivity index (χ0v) is 13.7. The smallest absolute Gasteiger partial charge is 0.139 e. The first-order valence-corrected chi connectivity index (χ1v) is 9.24. The van der Waals surface area contributed by atoms with Crippen molar-refractivity contribution in [3.05, 3.63) is 0 Å². The Hall–Kier alpha value is -0.370. The quantitative estimate of drug-likeness (QED) is 0.734. The molecule has 0 bridgehead atoms. The second-order valence-corrected chi connectivity index (χ2v) is 9.11. The number of ketones is 1. The maximum Gasteiger partial charge on any atom is 0.139 e. The molecule has 2 N–H and O–H groups in total. The molecule has 0 aromatic rings. The summed E-state index contributed by atoms with van der Waals surface area (Å²) in [5.74, 6) is 3.81. The fourth-order valence-electron chi connectivity index (χ4n) is 7.06. The van der Waals surface area contributed by atoms with Crippen LogP contribution in [-0.4, -0.2) is 11.8 Å². The molecular weight excluding hydrogens is 258 g/mol. The molecule has 0 aliphatic heterocycles. The van der Waals surface area contributed by atoms with E-state index in [9.17, 15) is 4.79 Å². The Morgan fingerprint density at radius 2 is 1.81 bits per heavy atom. The van der Waals surface area contributed by atoms with E-state index in [1.807, 2.05) is 0 Å². The summed E-state index contributed by atoms with van der Waals surface area (Å²) in [6, 6.07) is 0.446. The van der Waals surface area contributed by atoms with Crippen LogP contribution in [0.2, 0.25) is 0 Å². The third-order valence-corrected chi connectivity index (χ3v) is 8.42. The number of Topliss-reactive ketones (excluding diaryl/α,β-unsaturated/α-hetero) is 1. The first kappa shape index (κ1) is 14.2. The minimum absolute atomic E-state index is 0.0371. The Morgan fingerprint density at radius 3 is 2.62 bits per heavy atom. The fourth-order valence-corrected chi connectivity index (χ4v) is 7.06. The highest BCUT2D eigenvalue weighted by atomic mass is 16.1. The van der Waals surface area contributed by atoms with Crippen LogP contribution in [0, 0.1) is 34.5 Å². The van der Waals surface area contributed by atoms with Crippen molar-refractivity contribution in [1.82, 2.24) is 0 Å². The highest BCUT2D eigenvalue weighted by Crippen LogP contribution is 2.65. The van der Waals surface area contributed by atoms with Gasteiger partial charge >= 0.3 is 0 Å². The summed E-state index contributed by atoms with van der Waals surface area (Å²) < 4.78 is 0. The molecule has 7 atom stereocenters. The van der Waals surface area contributed by atoms with Crippen LogP contribution in [-0.2, 0) is 4.79 Å². The Bertz CT molecular complexity index is 460. The lowest BCUT2D eigenvalue weighted by atomic mass is 9.45. The molecule has 4 fully saturated rings. The number of rotatable bonds is 0. The summed E-state index contributed by atoms with van der Waals surface area (Å²) in [6.07, 6.45) is 11.0. The lowest BCUT2D eigenvalue weighted by molar-refractivity contribution is -0.139. The predicted molar refractivity (Wildman–Crippen MR) is 84.7 cm³/mol. The normalized spacial score (nSPS) is 56.5. The Balaban J connectivity index is 1.64. The molecule has 0 aromatic carbocycles. The number of nitrogens with two attached hydrogens (primary N) is 1. The maximum absolute atomic E-state index is 12.4. The number of carbonyl (C=O) groups is 1. The van der Waals surface area contributed by atoms with Gasteiger partial charge in [0.05, 0.1) is 0 Å². The molecule has 2 heteroatoms. The van der Waals surface area contributed by atoms with Crippen LogP contribution >= 0.6 is 0 Å². The zero-order valence-electron chi connectivity index (χ0n) is 13.7. The average molecular weight is 289 g/mol. The summed E-state index contributed by atoms with van der Waals surface area (Å²) in [5, 5.41) is 0. The van der Waals surface area contributed by atoms with Crippen LogP contribution < -0.4 is 5.73 Å². The monoisotopic (exact) mass is 289 g/mol. The molecular formula is C19H31NO. The Kier molecular flexibility index (Phi) is 3.10. The van der Waals surface area contributed by atoms with E-state index in [1.165, 1.54) is 44.9 Å². The summed E-state index contributed by atoms with van der Waals surface area (Å²) >= 11 is 0. The molecule has 0 amide bonds. The van der Waals surface area contributed by atoms with Gasteiger partial charge in [0.15, 0.2) is 0 Å². The van der Waals surface area contributed by atoms with Crippen LogP contribution in [0.25, 0.3) is 0 Å². The second kappa shape index (κ2) is 4.57. The van der Waals surface area contributed by atoms with Gasteiger partial charge in [0.2, 0.25) is 0 Å². The van der Waals surface area contributed by atoms with E-state index in [1.54, 1.807) is 0 Å². The average Bonchev–Trinajstić information content (AvgIpc) is 2.76. The molecule has 4 aliphatic rings. The van der Waals surface area contributed by atoms with Crippen molar-refractivity contribution in [3.63, 3.8) is 0 Å². The first-order valence-electron chi connectivity index (χ1n) is 9.24. The third kappa shape index (κ3) is 1.84. The summed E-state index contributed by atoms with van der Waals surface area (Å²) in [4.78, 5) is 12.4. The molecule has 0 heterocycles. The van der Waals surface area contributed by atoms with Gasteiger partial charge in [0, 0.05) is 17.9 Å². The van der Waals surface area contributed by atoms with E-state index < -0.39 is 0 Å². The van der Waals surface area contributed by atoms with Crippen LogP contribution in [0.3, 0.4) is 0 Å². The van der Waals surface area contributed by atoms with Crippen LogP contribution in [0.4, 0.5) is 0 Å². The molecule has 4 aliphatic carbocycles. The molecule has 4 saturated carbocycles. The third-order valence-electron chi connectivity index (χ3n) is 8.42. The van der Waals surface area contributed by atoms with Gasteiger partial charge in [-0.25, -0.2) is 0 Å². The van der Waals surface area contributed by atoms with E-state index in [0.29, 0.717) is 23.2 Å². The van der Waals surface area contributed by atoms with Gasteiger partial charge in [-0.3, -0.25) is 4.79 Å². The second-order valence-electron chi connectivity index (χ2n) is 9.11. The molecule has 0 saturated heterocycles.